The zero-order valence-electron chi connectivity index (χ0n) is 14.8. The monoisotopic (exact) mass is 425 g/mol. The standard InChI is InChI=1S/C20H13ClFN5OS/c21-13-4-1-2-6-16(13)28-19-12(10-23)7-8-17-18(19)26-20(27-29-17)25-11-15-14(22)5-3-9-24-15/h1-9H,11H2,(H2,25,26,27). The first-order valence-electron chi connectivity index (χ1n) is 8.49. The second-order valence-electron chi connectivity index (χ2n) is 5.89. The van der Waals surface area contributed by atoms with Crippen LogP contribution in [0.15, 0.2) is 64.6 Å². The summed E-state index contributed by atoms with van der Waals surface area (Å²) in [4.78, 5) is 9.15. The summed E-state index contributed by atoms with van der Waals surface area (Å²) in [6.07, 6.45) is 1.51. The van der Waals surface area contributed by atoms with Crippen LogP contribution < -0.4 is 14.8 Å². The molecule has 0 bridgehead atoms. The maximum Gasteiger partial charge on any atom is 0.206 e. The number of ether oxygens (including phenoxy) is 1. The first-order chi connectivity index (χ1) is 14.2. The Hall–Kier alpha value is -3.28. The number of rotatable bonds is 4. The largest absolute Gasteiger partial charge is 0.452 e. The molecule has 0 radical (unpaired) electrons. The number of anilines is 1. The van der Waals surface area contributed by atoms with E-state index < -0.39 is 5.82 Å². The Morgan fingerprint density at radius 1 is 1.21 bits per heavy atom. The van der Waals surface area contributed by atoms with Crippen LogP contribution in [0.25, 0.3) is 0 Å². The number of halogens is 2. The van der Waals surface area contributed by atoms with Crippen LogP contribution in [0.4, 0.5) is 10.1 Å². The van der Waals surface area contributed by atoms with Crippen molar-refractivity contribution in [2.75, 3.05) is 5.32 Å². The fourth-order valence-corrected chi connectivity index (χ4v) is 3.49. The third-order valence-electron chi connectivity index (χ3n) is 4.01. The Kier molecular flexibility index (Phi) is 5.51. The maximum absolute atomic E-state index is 13.8. The molecule has 0 amide bonds. The van der Waals surface area contributed by atoms with Crippen molar-refractivity contribution in [2.24, 2.45) is 4.99 Å². The normalized spacial score (nSPS) is 13.8. The molecule has 1 aliphatic rings. The number of benzene rings is 2. The van der Waals surface area contributed by atoms with Crippen molar-refractivity contribution in [3.63, 3.8) is 0 Å². The molecule has 1 aliphatic heterocycles. The molecule has 4 rings (SSSR count). The number of nitrogens with zero attached hydrogens (tertiary/aromatic N) is 3. The molecule has 0 saturated heterocycles. The van der Waals surface area contributed by atoms with Gasteiger partial charge in [-0.2, -0.15) is 5.26 Å². The van der Waals surface area contributed by atoms with Gasteiger partial charge in [-0.15, -0.1) is 0 Å². The van der Waals surface area contributed by atoms with Crippen LogP contribution in [0.1, 0.15) is 11.3 Å². The van der Waals surface area contributed by atoms with E-state index in [9.17, 15) is 9.65 Å². The summed E-state index contributed by atoms with van der Waals surface area (Å²) in [6, 6.07) is 15.5. The number of hydrogen-bond donors (Lipinski definition) is 2. The molecule has 0 aliphatic carbocycles. The summed E-state index contributed by atoms with van der Waals surface area (Å²) >= 11 is 7.51. The van der Waals surface area contributed by atoms with E-state index in [1.807, 2.05) is 0 Å². The number of aromatic nitrogens is 1. The number of para-hydroxylation sites is 1. The van der Waals surface area contributed by atoms with E-state index in [0.717, 1.165) is 4.90 Å². The number of nitriles is 1. The summed E-state index contributed by atoms with van der Waals surface area (Å²) in [5.41, 5.74) is 1.15. The SMILES string of the molecule is N#Cc1ccc2c(c1Oc1ccccc1Cl)NC(=NCc1ncccc1F)NS2. The Labute approximate surface area is 175 Å². The van der Waals surface area contributed by atoms with Gasteiger partial charge in [0.15, 0.2) is 5.75 Å². The third kappa shape index (κ3) is 4.11. The number of nitrogens with one attached hydrogen (secondary N) is 2. The number of pyridine rings is 1. The van der Waals surface area contributed by atoms with Crippen LogP contribution in [-0.2, 0) is 6.54 Å². The van der Waals surface area contributed by atoms with E-state index in [4.69, 9.17) is 16.3 Å². The van der Waals surface area contributed by atoms with Crippen molar-refractivity contribution >= 4 is 35.2 Å². The van der Waals surface area contributed by atoms with Crippen LogP contribution >= 0.6 is 23.5 Å². The minimum absolute atomic E-state index is 0.0521. The Morgan fingerprint density at radius 2 is 2.07 bits per heavy atom. The molecule has 6 nitrogen and oxygen atoms in total. The lowest BCUT2D eigenvalue weighted by molar-refractivity contribution is 0.482. The molecule has 29 heavy (non-hydrogen) atoms. The van der Waals surface area contributed by atoms with E-state index in [0.29, 0.717) is 33.7 Å². The van der Waals surface area contributed by atoms with Gasteiger partial charge in [0, 0.05) is 6.20 Å². The van der Waals surface area contributed by atoms with Crippen LogP contribution in [0, 0.1) is 17.1 Å². The fraction of sp³-hybridized carbons (Fsp3) is 0.0500. The summed E-state index contributed by atoms with van der Waals surface area (Å²) in [5.74, 6) is 0.740. The number of hydrogen-bond acceptors (Lipinski definition) is 5. The van der Waals surface area contributed by atoms with Gasteiger partial charge in [-0.3, -0.25) is 9.71 Å². The Balaban J connectivity index is 1.66. The molecule has 3 aromatic rings. The second-order valence-corrected chi connectivity index (χ2v) is 7.14. The zero-order chi connectivity index (χ0) is 20.2. The third-order valence-corrected chi connectivity index (χ3v) is 5.18. The molecular formula is C20H13ClFN5OS. The van der Waals surface area contributed by atoms with E-state index >= 15 is 0 Å². The van der Waals surface area contributed by atoms with Crippen LogP contribution in [0.5, 0.6) is 11.5 Å². The topological polar surface area (TPSA) is 82.3 Å². The smallest absolute Gasteiger partial charge is 0.206 e. The lowest BCUT2D eigenvalue weighted by Gasteiger charge is -2.23. The minimum atomic E-state index is -0.421. The molecular weight excluding hydrogens is 413 g/mol. The van der Waals surface area contributed by atoms with E-state index in [2.05, 4.69) is 26.1 Å². The van der Waals surface area contributed by atoms with Crippen molar-refractivity contribution in [3.8, 4) is 17.6 Å². The van der Waals surface area contributed by atoms with Gasteiger partial charge in [-0.05, 0) is 48.3 Å². The van der Waals surface area contributed by atoms with Crippen LogP contribution in [-0.4, -0.2) is 10.9 Å². The molecule has 0 saturated carbocycles. The highest BCUT2D eigenvalue weighted by Crippen LogP contribution is 2.42. The van der Waals surface area contributed by atoms with Gasteiger partial charge in [0.05, 0.1) is 27.7 Å². The van der Waals surface area contributed by atoms with Crippen LogP contribution in [0.3, 0.4) is 0 Å². The van der Waals surface area contributed by atoms with Gasteiger partial charge in [0.25, 0.3) is 0 Å². The van der Waals surface area contributed by atoms with Gasteiger partial charge in [-0.25, -0.2) is 9.38 Å². The minimum Gasteiger partial charge on any atom is -0.452 e. The number of aliphatic imine (C=N–C) groups is 1. The number of guanidine groups is 1. The van der Waals surface area contributed by atoms with E-state index in [1.165, 1.54) is 30.3 Å². The second kappa shape index (κ2) is 8.39. The molecule has 0 spiro atoms. The van der Waals surface area contributed by atoms with Crippen molar-refractivity contribution in [2.45, 2.75) is 11.4 Å². The molecule has 0 fully saturated rings. The fourth-order valence-electron chi connectivity index (χ4n) is 2.61. The molecule has 2 heterocycles. The summed E-state index contributed by atoms with van der Waals surface area (Å²) < 4.78 is 22.8. The molecule has 0 unspecified atom stereocenters. The molecule has 144 valence electrons. The predicted octanol–water partition coefficient (Wildman–Crippen LogP) is 5.12. The lowest BCUT2D eigenvalue weighted by Crippen LogP contribution is -2.30. The molecule has 9 heteroatoms. The summed E-state index contributed by atoms with van der Waals surface area (Å²) in [7, 11) is 0. The Bertz CT molecular complexity index is 1150. The summed E-state index contributed by atoms with van der Waals surface area (Å²) in [6.45, 7) is 0.0521. The highest BCUT2D eigenvalue weighted by Gasteiger charge is 2.22. The van der Waals surface area contributed by atoms with Gasteiger partial charge >= 0.3 is 0 Å². The molecule has 0 atom stereocenters. The molecule has 2 aromatic carbocycles. The van der Waals surface area contributed by atoms with E-state index in [-0.39, 0.29) is 12.2 Å². The van der Waals surface area contributed by atoms with Crippen molar-refractivity contribution in [1.82, 2.24) is 9.71 Å². The first-order valence-corrected chi connectivity index (χ1v) is 9.68. The average molecular weight is 426 g/mol. The van der Waals surface area contributed by atoms with Crippen molar-refractivity contribution in [3.05, 3.63) is 76.8 Å². The van der Waals surface area contributed by atoms with E-state index in [1.54, 1.807) is 36.4 Å². The highest BCUT2D eigenvalue weighted by atomic mass is 35.5. The maximum atomic E-state index is 13.8. The van der Waals surface area contributed by atoms with Crippen molar-refractivity contribution in [1.29, 1.82) is 5.26 Å². The molecule has 2 N–H and O–H groups in total. The quantitative estimate of drug-likeness (QED) is 0.565. The van der Waals surface area contributed by atoms with Gasteiger partial charge in [0.1, 0.15) is 23.3 Å². The average Bonchev–Trinajstić information content (AvgIpc) is 2.75. The highest BCUT2D eigenvalue weighted by molar-refractivity contribution is 7.98. The molecule has 1 aromatic heterocycles. The Morgan fingerprint density at radius 3 is 2.86 bits per heavy atom. The van der Waals surface area contributed by atoms with Crippen LogP contribution in [0.2, 0.25) is 5.02 Å². The zero-order valence-corrected chi connectivity index (χ0v) is 16.4. The van der Waals surface area contributed by atoms with Crippen molar-refractivity contribution < 1.29 is 9.13 Å². The lowest BCUT2D eigenvalue weighted by atomic mass is 10.2. The predicted molar refractivity (Wildman–Crippen MR) is 111 cm³/mol. The van der Waals surface area contributed by atoms with Gasteiger partial charge in [-0.1, -0.05) is 23.7 Å². The summed E-state index contributed by atoms with van der Waals surface area (Å²) in [5, 5.41) is 13.1. The van der Waals surface area contributed by atoms with Gasteiger partial charge in [0.2, 0.25) is 5.96 Å². The van der Waals surface area contributed by atoms with Gasteiger partial charge < -0.3 is 10.1 Å². The first kappa shape index (κ1) is 19.1. The number of fused-ring (bicyclic) bond motifs is 1.